The average molecular weight is 318 g/mol. The molecule has 0 atom stereocenters. The predicted molar refractivity (Wildman–Crippen MR) is 87.6 cm³/mol. The first-order valence-corrected chi connectivity index (χ1v) is 8.15. The van der Waals surface area contributed by atoms with Gasteiger partial charge in [0.2, 0.25) is 0 Å². The SMILES string of the molecule is COC1(CNC(=O)N2CC=C(c3ccccc3F)CC2)CCC1. The average Bonchev–Trinajstić information content (AvgIpc) is 2.55. The number of rotatable bonds is 4. The lowest BCUT2D eigenvalue weighted by Crippen LogP contribution is -2.52. The van der Waals surface area contributed by atoms with Gasteiger partial charge in [-0.15, -0.1) is 0 Å². The Balaban J connectivity index is 1.55. The van der Waals surface area contributed by atoms with Gasteiger partial charge in [0.05, 0.1) is 5.60 Å². The molecule has 2 aliphatic rings. The van der Waals surface area contributed by atoms with Crippen molar-refractivity contribution in [3.63, 3.8) is 0 Å². The maximum atomic E-state index is 13.8. The number of halogens is 1. The van der Waals surface area contributed by atoms with E-state index < -0.39 is 0 Å². The highest BCUT2D eigenvalue weighted by atomic mass is 19.1. The Kier molecular flexibility index (Phi) is 4.66. The normalized spacial score (nSPS) is 19.7. The summed E-state index contributed by atoms with van der Waals surface area (Å²) in [5, 5.41) is 2.97. The van der Waals surface area contributed by atoms with Crippen molar-refractivity contribution in [1.82, 2.24) is 10.2 Å². The Morgan fingerprint density at radius 3 is 2.74 bits per heavy atom. The quantitative estimate of drug-likeness (QED) is 0.926. The number of nitrogens with zero attached hydrogens (tertiary/aromatic N) is 1. The molecule has 1 saturated carbocycles. The number of carbonyl (C=O) groups excluding carboxylic acids is 1. The van der Waals surface area contributed by atoms with Gasteiger partial charge in [-0.2, -0.15) is 0 Å². The summed E-state index contributed by atoms with van der Waals surface area (Å²) in [6.07, 6.45) is 5.77. The van der Waals surface area contributed by atoms with Crippen LogP contribution in [0.4, 0.5) is 9.18 Å². The molecule has 1 heterocycles. The van der Waals surface area contributed by atoms with E-state index in [9.17, 15) is 9.18 Å². The summed E-state index contributed by atoms with van der Waals surface area (Å²) in [6.45, 7) is 1.67. The van der Waals surface area contributed by atoms with Gasteiger partial charge in [0.25, 0.3) is 0 Å². The molecule has 0 radical (unpaired) electrons. The van der Waals surface area contributed by atoms with Gasteiger partial charge >= 0.3 is 6.03 Å². The van der Waals surface area contributed by atoms with Crippen LogP contribution in [0.25, 0.3) is 5.57 Å². The maximum absolute atomic E-state index is 13.8. The molecule has 124 valence electrons. The lowest BCUT2D eigenvalue weighted by molar-refractivity contribution is -0.0678. The molecule has 2 amide bonds. The fourth-order valence-electron chi connectivity index (χ4n) is 3.19. The number of benzene rings is 1. The summed E-state index contributed by atoms with van der Waals surface area (Å²) in [6, 6.07) is 6.71. The van der Waals surface area contributed by atoms with Gasteiger partial charge in [-0.05, 0) is 37.3 Å². The van der Waals surface area contributed by atoms with Crippen LogP contribution >= 0.6 is 0 Å². The van der Waals surface area contributed by atoms with Gasteiger partial charge < -0.3 is 15.0 Å². The van der Waals surface area contributed by atoms with E-state index in [1.807, 2.05) is 12.1 Å². The van der Waals surface area contributed by atoms with Gasteiger partial charge in [-0.25, -0.2) is 9.18 Å². The summed E-state index contributed by atoms with van der Waals surface area (Å²) in [7, 11) is 1.70. The van der Waals surface area contributed by atoms with Gasteiger partial charge in [0.1, 0.15) is 5.82 Å². The van der Waals surface area contributed by atoms with Crippen LogP contribution in [0.5, 0.6) is 0 Å². The van der Waals surface area contributed by atoms with Crippen molar-refractivity contribution in [1.29, 1.82) is 0 Å². The third-order valence-corrected chi connectivity index (χ3v) is 4.98. The van der Waals surface area contributed by atoms with Crippen molar-refractivity contribution in [2.45, 2.75) is 31.3 Å². The minimum Gasteiger partial charge on any atom is -0.376 e. The molecule has 1 aromatic carbocycles. The molecular formula is C18H23FN2O2. The van der Waals surface area contributed by atoms with E-state index in [0.29, 0.717) is 31.6 Å². The molecule has 23 heavy (non-hydrogen) atoms. The lowest BCUT2D eigenvalue weighted by Gasteiger charge is -2.41. The predicted octanol–water partition coefficient (Wildman–Crippen LogP) is 3.19. The zero-order valence-electron chi connectivity index (χ0n) is 13.5. The van der Waals surface area contributed by atoms with Crippen molar-refractivity contribution in [2.24, 2.45) is 0 Å². The van der Waals surface area contributed by atoms with E-state index in [0.717, 1.165) is 24.8 Å². The lowest BCUT2D eigenvalue weighted by atomic mass is 9.80. The highest BCUT2D eigenvalue weighted by molar-refractivity contribution is 5.76. The standard InChI is InChI=1S/C18H23FN2O2/c1-23-18(9-4-10-18)13-20-17(22)21-11-7-14(8-12-21)15-5-2-3-6-16(15)19/h2-3,5-7H,4,8-13H2,1H3,(H,20,22). The molecule has 4 nitrogen and oxygen atoms in total. The number of methoxy groups -OCH3 is 1. The van der Waals surface area contributed by atoms with Crippen LogP contribution in [-0.4, -0.2) is 43.3 Å². The Morgan fingerprint density at radius 2 is 2.17 bits per heavy atom. The molecule has 1 aliphatic carbocycles. The smallest absolute Gasteiger partial charge is 0.317 e. The van der Waals surface area contributed by atoms with Crippen LogP contribution < -0.4 is 5.32 Å². The topological polar surface area (TPSA) is 41.6 Å². The Morgan fingerprint density at radius 1 is 1.39 bits per heavy atom. The van der Waals surface area contributed by atoms with Crippen molar-refractivity contribution in [3.8, 4) is 0 Å². The minimum absolute atomic E-state index is 0.0721. The number of nitrogens with one attached hydrogen (secondary N) is 1. The molecule has 0 bridgehead atoms. The monoisotopic (exact) mass is 318 g/mol. The first kappa shape index (κ1) is 16.0. The van der Waals surface area contributed by atoms with Crippen molar-refractivity contribution < 1.29 is 13.9 Å². The molecule has 0 spiro atoms. The Bertz CT molecular complexity index is 605. The second-order valence-corrected chi connectivity index (χ2v) is 6.30. The third kappa shape index (κ3) is 3.39. The highest BCUT2D eigenvalue weighted by Gasteiger charge is 2.37. The second kappa shape index (κ2) is 6.71. The molecule has 1 aliphatic heterocycles. The largest absolute Gasteiger partial charge is 0.376 e. The van der Waals surface area contributed by atoms with Crippen molar-refractivity contribution in [2.75, 3.05) is 26.7 Å². The summed E-state index contributed by atoms with van der Waals surface area (Å²) in [5.74, 6) is -0.205. The summed E-state index contributed by atoms with van der Waals surface area (Å²) in [4.78, 5) is 14.0. The summed E-state index contributed by atoms with van der Waals surface area (Å²) < 4.78 is 19.3. The maximum Gasteiger partial charge on any atom is 0.317 e. The molecule has 1 aromatic rings. The summed E-state index contributed by atoms with van der Waals surface area (Å²) >= 11 is 0. The highest BCUT2D eigenvalue weighted by Crippen LogP contribution is 2.34. The molecule has 1 fully saturated rings. The number of ether oxygens (including phenoxy) is 1. The molecule has 5 heteroatoms. The Labute approximate surface area is 136 Å². The van der Waals surface area contributed by atoms with Crippen LogP contribution in [0.1, 0.15) is 31.2 Å². The van der Waals surface area contributed by atoms with Crippen LogP contribution in [0.2, 0.25) is 0 Å². The van der Waals surface area contributed by atoms with Gasteiger partial charge in [-0.3, -0.25) is 0 Å². The van der Waals surface area contributed by atoms with Crippen molar-refractivity contribution in [3.05, 3.63) is 41.7 Å². The van der Waals surface area contributed by atoms with Crippen LogP contribution in [0.15, 0.2) is 30.3 Å². The molecule has 0 aromatic heterocycles. The van der Waals surface area contributed by atoms with Crippen LogP contribution in [-0.2, 0) is 4.74 Å². The molecular weight excluding hydrogens is 295 g/mol. The molecule has 0 saturated heterocycles. The number of hydrogen-bond acceptors (Lipinski definition) is 2. The van der Waals surface area contributed by atoms with Gasteiger partial charge in [-0.1, -0.05) is 24.3 Å². The van der Waals surface area contributed by atoms with E-state index in [1.165, 1.54) is 6.07 Å². The second-order valence-electron chi connectivity index (χ2n) is 6.30. The molecule has 1 N–H and O–H groups in total. The van der Waals surface area contributed by atoms with Crippen molar-refractivity contribution >= 4 is 11.6 Å². The van der Waals surface area contributed by atoms with Crippen LogP contribution in [0.3, 0.4) is 0 Å². The zero-order chi connectivity index (χ0) is 16.3. The van der Waals surface area contributed by atoms with Crippen LogP contribution in [0, 0.1) is 5.82 Å². The third-order valence-electron chi connectivity index (χ3n) is 4.98. The number of urea groups is 1. The van der Waals surface area contributed by atoms with E-state index in [2.05, 4.69) is 5.32 Å². The molecule has 3 rings (SSSR count). The Hall–Kier alpha value is -1.88. The van der Waals surface area contributed by atoms with Gasteiger partial charge in [0, 0.05) is 32.3 Å². The zero-order valence-corrected chi connectivity index (χ0v) is 13.5. The number of carbonyl (C=O) groups is 1. The summed E-state index contributed by atoms with van der Waals surface area (Å²) in [5.41, 5.74) is 1.44. The van der Waals surface area contributed by atoms with E-state index in [-0.39, 0.29) is 17.4 Å². The van der Waals surface area contributed by atoms with E-state index >= 15 is 0 Å². The first-order valence-electron chi connectivity index (χ1n) is 8.15. The minimum atomic E-state index is -0.205. The van der Waals surface area contributed by atoms with E-state index in [1.54, 1.807) is 24.1 Å². The fourth-order valence-corrected chi connectivity index (χ4v) is 3.19. The number of amides is 2. The first-order chi connectivity index (χ1) is 11.1. The van der Waals surface area contributed by atoms with Gasteiger partial charge in [0.15, 0.2) is 0 Å². The fraction of sp³-hybridized carbons (Fsp3) is 0.500. The molecule has 0 unspecified atom stereocenters. The van der Waals surface area contributed by atoms with E-state index in [4.69, 9.17) is 4.74 Å². The number of hydrogen-bond donors (Lipinski definition) is 1.